The topological polar surface area (TPSA) is 48.1 Å². The molecule has 2 aromatic heterocycles. The Morgan fingerprint density at radius 1 is 1.47 bits per heavy atom. The SMILES string of the molecule is Cc1ncsc1CCOC(c1ccc(Br)s1)C(C)N. The summed E-state index contributed by atoms with van der Waals surface area (Å²) in [6, 6.07) is 4.08. The molecular formula is C13H17BrN2OS2. The van der Waals surface area contributed by atoms with Gasteiger partial charge in [0, 0.05) is 22.2 Å². The van der Waals surface area contributed by atoms with E-state index in [9.17, 15) is 0 Å². The van der Waals surface area contributed by atoms with E-state index in [0.717, 1.165) is 15.9 Å². The molecule has 0 radical (unpaired) electrons. The number of thiophene rings is 1. The molecule has 104 valence electrons. The first-order chi connectivity index (χ1) is 9.08. The summed E-state index contributed by atoms with van der Waals surface area (Å²) in [5.41, 5.74) is 9.00. The molecule has 19 heavy (non-hydrogen) atoms. The van der Waals surface area contributed by atoms with Crippen molar-refractivity contribution in [2.45, 2.75) is 32.4 Å². The first kappa shape index (κ1) is 15.1. The molecule has 0 bridgehead atoms. The molecule has 2 unspecified atom stereocenters. The molecule has 0 amide bonds. The summed E-state index contributed by atoms with van der Waals surface area (Å²) in [5.74, 6) is 0. The lowest BCUT2D eigenvalue weighted by atomic mass is 10.1. The summed E-state index contributed by atoms with van der Waals surface area (Å²) in [5, 5.41) is 0. The van der Waals surface area contributed by atoms with Crippen molar-refractivity contribution in [2.24, 2.45) is 5.73 Å². The number of hydrogen-bond acceptors (Lipinski definition) is 5. The number of rotatable bonds is 6. The first-order valence-electron chi connectivity index (χ1n) is 6.09. The van der Waals surface area contributed by atoms with Crippen molar-refractivity contribution in [3.05, 3.63) is 36.9 Å². The van der Waals surface area contributed by atoms with Crippen molar-refractivity contribution >= 4 is 38.6 Å². The predicted octanol–water partition coefficient (Wildman–Crippen LogP) is 3.92. The zero-order chi connectivity index (χ0) is 13.8. The van der Waals surface area contributed by atoms with Crippen LogP contribution in [0.15, 0.2) is 21.4 Å². The van der Waals surface area contributed by atoms with Gasteiger partial charge in [-0.2, -0.15) is 0 Å². The number of ether oxygens (including phenoxy) is 1. The fourth-order valence-corrected chi connectivity index (χ4v) is 4.17. The van der Waals surface area contributed by atoms with Crippen LogP contribution in [0.25, 0.3) is 0 Å². The van der Waals surface area contributed by atoms with Gasteiger partial charge in [0.1, 0.15) is 6.10 Å². The average molecular weight is 361 g/mol. The lowest BCUT2D eigenvalue weighted by Gasteiger charge is -2.20. The molecule has 2 aromatic rings. The number of nitrogens with two attached hydrogens (primary N) is 1. The van der Waals surface area contributed by atoms with Gasteiger partial charge in [-0.25, -0.2) is 4.98 Å². The van der Waals surface area contributed by atoms with E-state index in [-0.39, 0.29) is 12.1 Å². The van der Waals surface area contributed by atoms with E-state index < -0.39 is 0 Å². The van der Waals surface area contributed by atoms with Gasteiger partial charge in [-0.1, -0.05) is 0 Å². The third-order valence-corrected chi connectivity index (χ3v) is 5.50. The molecule has 6 heteroatoms. The van der Waals surface area contributed by atoms with Gasteiger partial charge in [-0.05, 0) is 41.9 Å². The van der Waals surface area contributed by atoms with E-state index >= 15 is 0 Å². The Labute approximate surface area is 129 Å². The second-order valence-corrected chi connectivity index (χ2v) is 7.84. The van der Waals surface area contributed by atoms with Crippen molar-refractivity contribution in [1.82, 2.24) is 4.98 Å². The van der Waals surface area contributed by atoms with Gasteiger partial charge in [-0.15, -0.1) is 22.7 Å². The molecule has 2 heterocycles. The molecule has 0 saturated heterocycles. The monoisotopic (exact) mass is 360 g/mol. The van der Waals surface area contributed by atoms with Crippen LogP contribution >= 0.6 is 38.6 Å². The fourth-order valence-electron chi connectivity index (χ4n) is 1.82. The highest BCUT2D eigenvalue weighted by atomic mass is 79.9. The van der Waals surface area contributed by atoms with E-state index in [1.165, 1.54) is 9.75 Å². The van der Waals surface area contributed by atoms with Crippen LogP contribution in [0, 0.1) is 6.92 Å². The highest BCUT2D eigenvalue weighted by Gasteiger charge is 2.19. The molecule has 2 atom stereocenters. The summed E-state index contributed by atoms with van der Waals surface area (Å²) in [6.45, 7) is 4.69. The minimum absolute atomic E-state index is 0.0203. The first-order valence-corrected chi connectivity index (χ1v) is 8.58. The molecule has 3 nitrogen and oxygen atoms in total. The van der Waals surface area contributed by atoms with Crippen LogP contribution in [0.2, 0.25) is 0 Å². The Morgan fingerprint density at radius 3 is 2.79 bits per heavy atom. The van der Waals surface area contributed by atoms with Gasteiger partial charge in [0.25, 0.3) is 0 Å². The molecule has 2 N–H and O–H groups in total. The van der Waals surface area contributed by atoms with Gasteiger partial charge in [-0.3, -0.25) is 0 Å². The molecule has 0 fully saturated rings. The molecule has 0 aromatic carbocycles. The Kier molecular flexibility index (Phi) is 5.53. The minimum atomic E-state index is -0.0375. The fraction of sp³-hybridized carbons (Fsp3) is 0.462. The highest BCUT2D eigenvalue weighted by Crippen LogP contribution is 2.31. The third kappa shape index (κ3) is 4.10. The van der Waals surface area contributed by atoms with Crippen LogP contribution in [0.5, 0.6) is 0 Å². The molecular weight excluding hydrogens is 344 g/mol. The van der Waals surface area contributed by atoms with Gasteiger partial charge in [0.15, 0.2) is 0 Å². The second-order valence-electron chi connectivity index (χ2n) is 4.40. The summed E-state index contributed by atoms with van der Waals surface area (Å²) >= 11 is 6.83. The largest absolute Gasteiger partial charge is 0.371 e. The minimum Gasteiger partial charge on any atom is -0.371 e. The van der Waals surface area contributed by atoms with Gasteiger partial charge in [0.2, 0.25) is 0 Å². The van der Waals surface area contributed by atoms with Gasteiger partial charge < -0.3 is 10.5 Å². The lowest BCUT2D eigenvalue weighted by molar-refractivity contribution is 0.0430. The molecule has 0 saturated carbocycles. The van der Waals surface area contributed by atoms with Crippen molar-refractivity contribution < 1.29 is 4.74 Å². The maximum Gasteiger partial charge on any atom is 0.106 e. The zero-order valence-corrected chi connectivity index (χ0v) is 14.1. The van der Waals surface area contributed by atoms with E-state index in [1.807, 2.05) is 25.4 Å². The number of aromatic nitrogens is 1. The van der Waals surface area contributed by atoms with Crippen molar-refractivity contribution in [3.63, 3.8) is 0 Å². The predicted molar refractivity (Wildman–Crippen MR) is 84.9 cm³/mol. The maximum absolute atomic E-state index is 6.02. The summed E-state index contributed by atoms with van der Waals surface area (Å²) in [7, 11) is 0. The summed E-state index contributed by atoms with van der Waals surface area (Å²) < 4.78 is 7.08. The van der Waals surface area contributed by atoms with E-state index in [1.54, 1.807) is 22.7 Å². The summed E-state index contributed by atoms with van der Waals surface area (Å²) in [4.78, 5) is 6.70. The number of aryl methyl sites for hydroxylation is 1. The lowest BCUT2D eigenvalue weighted by Crippen LogP contribution is -2.27. The summed E-state index contributed by atoms with van der Waals surface area (Å²) in [6.07, 6.45) is 0.858. The molecule has 0 aliphatic heterocycles. The smallest absolute Gasteiger partial charge is 0.106 e. The Bertz CT molecular complexity index is 524. The average Bonchev–Trinajstić information content (AvgIpc) is 2.94. The standard InChI is InChI=1S/C13H17BrN2OS2/c1-8(15)13(11-3-4-12(14)19-11)17-6-5-10-9(2)16-7-18-10/h3-4,7-8,13H,5-6,15H2,1-2H3. The number of nitrogens with zero attached hydrogens (tertiary/aromatic N) is 1. The van der Waals surface area contributed by atoms with Crippen molar-refractivity contribution in [2.75, 3.05) is 6.61 Å². The normalized spacial score (nSPS) is 14.5. The van der Waals surface area contributed by atoms with Crippen LogP contribution in [0.1, 0.15) is 28.5 Å². The van der Waals surface area contributed by atoms with E-state index in [0.29, 0.717) is 6.61 Å². The third-order valence-electron chi connectivity index (χ3n) is 2.82. The Morgan fingerprint density at radius 2 is 2.26 bits per heavy atom. The van der Waals surface area contributed by atoms with Crippen LogP contribution in [-0.2, 0) is 11.2 Å². The van der Waals surface area contributed by atoms with Gasteiger partial charge >= 0.3 is 0 Å². The molecule has 0 aliphatic rings. The molecule has 0 aliphatic carbocycles. The van der Waals surface area contributed by atoms with E-state index in [4.69, 9.17) is 10.5 Å². The molecule has 0 spiro atoms. The van der Waals surface area contributed by atoms with Crippen molar-refractivity contribution in [1.29, 1.82) is 0 Å². The van der Waals surface area contributed by atoms with Crippen LogP contribution < -0.4 is 5.73 Å². The number of halogens is 1. The Balaban J connectivity index is 1.93. The maximum atomic E-state index is 6.02. The second kappa shape index (κ2) is 6.95. The van der Waals surface area contributed by atoms with Crippen LogP contribution in [0.3, 0.4) is 0 Å². The van der Waals surface area contributed by atoms with E-state index in [2.05, 4.69) is 27.0 Å². The van der Waals surface area contributed by atoms with Crippen molar-refractivity contribution in [3.8, 4) is 0 Å². The quantitative estimate of drug-likeness (QED) is 0.848. The number of thiazole rings is 1. The van der Waals surface area contributed by atoms with Crippen LogP contribution in [0.4, 0.5) is 0 Å². The van der Waals surface area contributed by atoms with Gasteiger partial charge in [0.05, 0.1) is 21.6 Å². The highest BCUT2D eigenvalue weighted by molar-refractivity contribution is 9.11. The zero-order valence-electron chi connectivity index (χ0n) is 10.9. The molecule has 2 rings (SSSR count). The van der Waals surface area contributed by atoms with Crippen LogP contribution in [-0.4, -0.2) is 17.6 Å². The number of hydrogen-bond donors (Lipinski definition) is 1. The Hall–Kier alpha value is -0.270.